The third kappa shape index (κ3) is 6.03. The topological polar surface area (TPSA) is 128 Å². The monoisotopic (exact) mass is 581 g/mol. The van der Waals surface area contributed by atoms with Gasteiger partial charge in [-0.05, 0) is 66.6 Å². The fourth-order valence-electron chi connectivity index (χ4n) is 5.07. The van der Waals surface area contributed by atoms with Gasteiger partial charge in [-0.1, -0.05) is 54.6 Å². The summed E-state index contributed by atoms with van der Waals surface area (Å²) < 4.78 is 1.98. The van der Waals surface area contributed by atoms with Gasteiger partial charge in [-0.3, -0.25) is 14.2 Å². The largest absolute Gasteiger partial charge is 0.383 e. The molecule has 44 heavy (non-hydrogen) atoms. The number of fused-ring (bicyclic) bond motifs is 1. The first-order chi connectivity index (χ1) is 21.5. The van der Waals surface area contributed by atoms with E-state index in [1.807, 2.05) is 96.4 Å². The van der Waals surface area contributed by atoms with E-state index in [0.29, 0.717) is 41.5 Å². The molecule has 9 heteroatoms. The summed E-state index contributed by atoms with van der Waals surface area (Å²) in [7, 11) is 0. The standard InChI is InChI=1S/C35H31N7O2/c1-2-37-31(43)21-24-8-6-11-26(20-24)35(44)39-22-23-13-15-27(16-14-23)42-33(28-12-7-19-38-32(28)36)41-30-18-17-29(40-34(30)42)25-9-4-3-5-10-25/h3-20H,2,21-22H2,1H3,(H2,36,38)(H,37,43)(H,39,44). The molecule has 0 atom stereocenters. The number of amides is 2. The fraction of sp³-hybridized carbons (Fsp3) is 0.114. The van der Waals surface area contributed by atoms with Gasteiger partial charge in [0.2, 0.25) is 5.91 Å². The molecule has 0 unspecified atom stereocenters. The molecule has 2 amide bonds. The molecule has 6 rings (SSSR count). The van der Waals surface area contributed by atoms with Crippen molar-refractivity contribution in [3.63, 3.8) is 0 Å². The molecule has 0 saturated heterocycles. The average Bonchev–Trinajstić information content (AvgIpc) is 3.43. The van der Waals surface area contributed by atoms with Gasteiger partial charge in [-0.15, -0.1) is 0 Å². The zero-order valence-corrected chi connectivity index (χ0v) is 24.2. The number of anilines is 1. The lowest BCUT2D eigenvalue weighted by atomic mass is 10.1. The maximum atomic E-state index is 12.9. The van der Waals surface area contributed by atoms with E-state index < -0.39 is 0 Å². The van der Waals surface area contributed by atoms with Gasteiger partial charge in [-0.25, -0.2) is 15.0 Å². The van der Waals surface area contributed by atoms with E-state index in [0.717, 1.165) is 33.6 Å². The summed E-state index contributed by atoms with van der Waals surface area (Å²) in [5.74, 6) is 0.731. The number of hydrogen-bond donors (Lipinski definition) is 3. The molecule has 0 aliphatic heterocycles. The van der Waals surface area contributed by atoms with Gasteiger partial charge < -0.3 is 16.4 Å². The number of pyridine rings is 2. The Morgan fingerprint density at radius 3 is 2.41 bits per heavy atom. The summed E-state index contributed by atoms with van der Waals surface area (Å²) in [5, 5.41) is 5.76. The number of hydrogen-bond acceptors (Lipinski definition) is 6. The zero-order valence-electron chi connectivity index (χ0n) is 24.2. The Balaban J connectivity index is 1.28. The Morgan fingerprint density at radius 1 is 0.818 bits per heavy atom. The quantitative estimate of drug-likeness (QED) is 0.212. The summed E-state index contributed by atoms with van der Waals surface area (Å²) in [4.78, 5) is 39.1. The van der Waals surface area contributed by atoms with E-state index in [9.17, 15) is 9.59 Å². The second-order valence-corrected chi connectivity index (χ2v) is 10.3. The van der Waals surface area contributed by atoms with Gasteiger partial charge in [-0.2, -0.15) is 0 Å². The first kappa shape index (κ1) is 28.3. The molecular formula is C35H31N7O2. The molecule has 9 nitrogen and oxygen atoms in total. The highest BCUT2D eigenvalue weighted by molar-refractivity contribution is 5.94. The number of nitrogen functional groups attached to an aromatic ring is 1. The maximum absolute atomic E-state index is 12.9. The highest BCUT2D eigenvalue weighted by Gasteiger charge is 2.19. The maximum Gasteiger partial charge on any atom is 0.251 e. The van der Waals surface area contributed by atoms with Gasteiger partial charge >= 0.3 is 0 Å². The highest BCUT2D eigenvalue weighted by atomic mass is 16.2. The third-order valence-corrected chi connectivity index (χ3v) is 7.23. The number of rotatable bonds is 9. The average molecular weight is 582 g/mol. The molecule has 0 aliphatic rings. The van der Waals surface area contributed by atoms with Crippen LogP contribution in [-0.2, 0) is 17.8 Å². The van der Waals surface area contributed by atoms with Gasteiger partial charge in [0.05, 0.1) is 17.7 Å². The molecule has 3 aromatic heterocycles. The van der Waals surface area contributed by atoms with Gasteiger partial charge in [0.1, 0.15) is 11.3 Å². The Kier molecular flexibility index (Phi) is 8.09. The van der Waals surface area contributed by atoms with Crippen LogP contribution in [0.3, 0.4) is 0 Å². The van der Waals surface area contributed by atoms with Gasteiger partial charge in [0, 0.05) is 36.1 Å². The Morgan fingerprint density at radius 2 is 1.64 bits per heavy atom. The zero-order chi connectivity index (χ0) is 30.5. The van der Waals surface area contributed by atoms with E-state index in [-0.39, 0.29) is 18.2 Å². The Bertz CT molecular complexity index is 1950. The Hall–Kier alpha value is -5.83. The summed E-state index contributed by atoms with van der Waals surface area (Å²) in [6, 6.07) is 32.7. The summed E-state index contributed by atoms with van der Waals surface area (Å²) in [5.41, 5.74) is 13.3. The van der Waals surface area contributed by atoms with Crippen molar-refractivity contribution in [3.05, 3.63) is 126 Å². The number of imidazole rings is 1. The third-order valence-electron chi connectivity index (χ3n) is 7.23. The molecule has 0 spiro atoms. The van der Waals surface area contributed by atoms with Gasteiger partial charge in [0.15, 0.2) is 11.5 Å². The van der Waals surface area contributed by atoms with Crippen LogP contribution in [0.25, 0.3) is 39.5 Å². The van der Waals surface area contributed by atoms with E-state index in [2.05, 4.69) is 15.6 Å². The van der Waals surface area contributed by atoms with Crippen molar-refractivity contribution in [2.45, 2.75) is 19.9 Å². The minimum atomic E-state index is -0.209. The first-order valence-corrected chi connectivity index (χ1v) is 14.4. The van der Waals surface area contributed by atoms with E-state index in [1.54, 1.807) is 24.4 Å². The number of benzene rings is 3. The predicted octanol–water partition coefficient (Wildman–Crippen LogP) is 5.34. The minimum Gasteiger partial charge on any atom is -0.383 e. The first-order valence-electron chi connectivity index (χ1n) is 14.4. The van der Waals surface area contributed by atoms with Crippen molar-refractivity contribution in [1.82, 2.24) is 30.2 Å². The van der Waals surface area contributed by atoms with Gasteiger partial charge in [0.25, 0.3) is 5.91 Å². The molecule has 6 aromatic rings. The number of nitrogens with two attached hydrogens (primary N) is 1. The summed E-state index contributed by atoms with van der Waals surface area (Å²) >= 11 is 0. The molecule has 0 saturated carbocycles. The number of likely N-dealkylation sites (N-methyl/N-ethyl adjacent to an activating group) is 1. The van der Waals surface area contributed by atoms with Crippen LogP contribution in [0, 0.1) is 0 Å². The van der Waals surface area contributed by atoms with Crippen LogP contribution in [-0.4, -0.2) is 37.9 Å². The number of nitrogens with one attached hydrogen (secondary N) is 2. The van der Waals surface area contributed by atoms with Crippen molar-refractivity contribution in [1.29, 1.82) is 0 Å². The van der Waals surface area contributed by atoms with Crippen LogP contribution >= 0.6 is 0 Å². The van der Waals surface area contributed by atoms with Crippen molar-refractivity contribution in [3.8, 4) is 28.3 Å². The predicted molar refractivity (Wildman–Crippen MR) is 172 cm³/mol. The van der Waals surface area contributed by atoms with Crippen LogP contribution < -0.4 is 16.4 Å². The molecule has 0 radical (unpaired) electrons. The molecule has 218 valence electrons. The lowest BCUT2D eigenvalue weighted by Crippen LogP contribution is -2.25. The SMILES string of the molecule is CCNC(=O)Cc1cccc(C(=O)NCc2ccc(-n3c(-c4cccnc4N)nc4ccc(-c5ccccc5)nc43)cc2)c1. The fourth-order valence-corrected chi connectivity index (χ4v) is 5.07. The smallest absolute Gasteiger partial charge is 0.251 e. The minimum absolute atomic E-state index is 0.0725. The molecule has 3 aromatic carbocycles. The van der Waals surface area contributed by atoms with E-state index in [1.165, 1.54) is 0 Å². The molecular weight excluding hydrogens is 550 g/mol. The number of nitrogens with zero attached hydrogens (tertiary/aromatic N) is 4. The molecule has 0 fully saturated rings. The van der Waals surface area contributed by atoms with E-state index in [4.69, 9.17) is 15.7 Å². The molecule has 0 aliphatic carbocycles. The highest BCUT2D eigenvalue weighted by Crippen LogP contribution is 2.31. The van der Waals surface area contributed by atoms with Crippen molar-refractivity contribution < 1.29 is 9.59 Å². The lowest BCUT2D eigenvalue weighted by molar-refractivity contribution is -0.120. The molecule has 0 bridgehead atoms. The van der Waals surface area contributed by atoms with Crippen LogP contribution in [0.1, 0.15) is 28.4 Å². The van der Waals surface area contributed by atoms with Crippen molar-refractivity contribution in [2.24, 2.45) is 0 Å². The number of carbonyl (C=O) groups is 2. The lowest BCUT2D eigenvalue weighted by Gasteiger charge is -2.12. The normalized spacial score (nSPS) is 10.9. The number of carbonyl (C=O) groups excluding carboxylic acids is 2. The second kappa shape index (κ2) is 12.6. The van der Waals surface area contributed by atoms with Crippen LogP contribution in [0.15, 0.2) is 109 Å². The van der Waals surface area contributed by atoms with Crippen LogP contribution in [0.5, 0.6) is 0 Å². The molecule has 4 N–H and O–H groups in total. The van der Waals surface area contributed by atoms with Crippen LogP contribution in [0.4, 0.5) is 5.82 Å². The number of aromatic nitrogens is 4. The van der Waals surface area contributed by atoms with Crippen LogP contribution in [0.2, 0.25) is 0 Å². The Labute approximate surface area is 254 Å². The van der Waals surface area contributed by atoms with Crippen molar-refractivity contribution >= 4 is 28.8 Å². The summed E-state index contributed by atoms with van der Waals surface area (Å²) in [6.07, 6.45) is 1.88. The summed E-state index contributed by atoms with van der Waals surface area (Å²) in [6.45, 7) is 2.78. The molecule has 3 heterocycles. The van der Waals surface area contributed by atoms with E-state index >= 15 is 0 Å². The van der Waals surface area contributed by atoms with Crippen molar-refractivity contribution in [2.75, 3.05) is 12.3 Å². The second-order valence-electron chi connectivity index (χ2n) is 10.3.